The third-order valence-corrected chi connectivity index (χ3v) is 5.11. The van der Waals surface area contributed by atoms with Crippen LogP contribution in [0.3, 0.4) is 0 Å². The summed E-state index contributed by atoms with van der Waals surface area (Å²) >= 11 is 0. The van der Waals surface area contributed by atoms with Crippen LogP contribution >= 0.6 is 0 Å². The van der Waals surface area contributed by atoms with Gasteiger partial charge in [0, 0.05) is 13.1 Å². The number of rotatable bonds is 6. The van der Waals surface area contributed by atoms with Crippen molar-refractivity contribution in [2.24, 2.45) is 5.92 Å². The maximum atomic E-state index is 13.6. The molecular weight excluding hydrogens is 293 g/mol. The number of nitrogens with one attached hydrogen (secondary N) is 2. The fourth-order valence-corrected chi connectivity index (χ4v) is 3.86. The van der Waals surface area contributed by atoms with E-state index in [-0.39, 0.29) is 5.69 Å². The highest BCUT2D eigenvalue weighted by Crippen LogP contribution is 2.21. The van der Waals surface area contributed by atoms with Crippen LogP contribution in [0, 0.1) is 11.7 Å². The van der Waals surface area contributed by atoms with Crippen molar-refractivity contribution in [2.75, 3.05) is 30.9 Å². The molecule has 1 aliphatic rings. The van der Waals surface area contributed by atoms with Crippen LogP contribution in [0.4, 0.5) is 10.1 Å². The molecular formula is C14H22FN3O2S. The third kappa shape index (κ3) is 4.39. The van der Waals surface area contributed by atoms with Crippen LogP contribution in [0.25, 0.3) is 0 Å². The Kier molecular flexibility index (Phi) is 5.55. The second-order valence-electron chi connectivity index (χ2n) is 5.26. The lowest BCUT2D eigenvalue weighted by Crippen LogP contribution is -2.45. The van der Waals surface area contributed by atoms with Crippen LogP contribution in [-0.2, 0) is 10.2 Å². The molecule has 118 valence electrons. The van der Waals surface area contributed by atoms with Crippen LogP contribution in [0.5, 0.6) is 0 Å². The quantitative estimate of drug-likeness (QED) is 0.841. The topological polar surface area (TPSA) is 61.4 Å². The number of piperidine rings is 1. The molecule has 1 unspecified atom stereocenters. The minimum Gasteiger partial charge on any atom is -0.317 e. The molecule has 7 heteroatoms. The maximum Gasteiger partial charge on any atom is 0.301 e. The molecule has 1 atom stereocenters. The van der Waals surface area contributed by atoms with Crippen LogP contribution in [-0.4, -0.2) is 38.9 Å². The number of anilines is 1. The summed E-state index contributed by atoms with van der Waals surface area (Å²) in [5.41, 5.74) is -0.00805. The van der Waals surface area contributed by atoms with E-state index in [1.807, 2.05) is 6.92 Å². The van der Waals surface area contributed by atoms with Crippen molar-refractivity contribution in [3.63, 3.8) is 0 Å². The predicted molar refractivity (Wildman–Crippen MR) is 81.8 cm³/mol. The number of para-hydroxylation sites is 1. The SMILES string of the molecule is CCNCC1CCCN(S(=O)(=O)Nc2ccccc2F)C1. The van der Waals surface area contributed by atoms with Gasteiger partial charge < -0.3 is 5.32 Å². The Labute approximate surface area is 125 Å². The fourth-order valence-electron chi connectivity index (χ4n) is 2.51. The standard InChI is InChI=1S/C14H22FN3O2S/c1-2-16-10-12-6-5-9-18(11-12)21(19,20)17-14-8-4-3-7-13(14)15/h3-4,7-8,12,16-17H,2,5-6,9-11H2,1H3. The van der Waals surface area contributed by atoms with E-state index in [1.54, 1.807) is 6.07 Å². The lowest BCUT2D eigenvalue weighted by Gasteiger charge is -2.32. The Morgan fingerprint density at radius 1 is 1.38 bits per heavy atom. The molecule has 0 bridgehead atoms. The van der Waals surface area contributed by atoms with Gasteiger partial charge in [-0.25, -0.2) is 4.39 Å². The molecule has 1 saturated heterocycles. The molecule has 1 heterocycles. The van der Waals surface area contributed by atoms with Crippen molar-refractivity contribution >= 4 is 15.9 Å². The lowest BCUT2D eigenvalue weighted by molar-refractivity contribution is 0.262. The van der Waals surface area contributed by atoms with Gasteiger partial charge in [0.1, 0.15) is 5.82 Å². The second kappa shape index (κ2) is 7.20. The summed E-state index contributed by atoms with van der Waals surface area (Å²) in [7, 11) is -3.70. The summed E-state index contributed by atoms with van der Waals surface area (Å²) in [5.74, 6) is -0.266. The summed E-state index contributed by atoms with van der Waals surface area (Å²) in [6.07, 6.45) is 1.84. The van der Waals surface area contributed by atoms with Gasteiger partial charge in [-0.3, -0.25) is 4.72 Å². The Balaban J connectivity index is 2.03. The number of hydrogen-bond donors (Lipinski definition) is 2. The Morgan fingerprint density at radius 2 is 2.14 bits per heavy atom. The highest BCUT2D eigenvalue weighted by atomic mass is 32.2. The molecule has 21 heavy (non-hydrogen) atoms. The van der Waals surface area contributed by atoms with Gasteiger partial charge in [-0.2, -0.15) is 12.7 Å². The lowest BCUT2D eigenvalue weighted by atomic mass is 10.00. The average Bonchev–Trinajstić information content (AvgIpc) is 2.48. The summed E-state index contributed by atoms with van der Waals surface area (Å²) in [5, 5.41) is 3.25. The van der Waals surface area contributed by atoms with Crippen molar-refractivity contribution in [2.45, 2.75) is 19.8 Å². The zero-order valence-corrected chi connectivity index (χ0v) is 13.0. The van der Waals surface area contributed by atoms with E-state index in [9.17, 15) is 12.8 Å². The fraction of sp³-hybridized carbons (Fsp3) is 0.571. The Morgan fingerprint density at radius 3 is 2.86 bits per heavy atom. The van der Waals surface area contributed by atoms with Crippen molar-refractivity contribution < 1.29 is 12.8 Å². The molecule has 0 spiro atoms. The van der Waals surface area contributed by atoms with Gasteiger partial charge in [-0.05, 0) is 44.0 Å². The van der Waals surface area contributed by atoms with Crippen molar-refractivity contribution in [3.05, 3.63) is 30.1 Å². The summed E-state index contributed by atoms with van der Waals surface area (Å²) in [4.78, 5) is 0. The van der Waals surface area contributed by atoms with Crippen LogP contribution in [0.2, 0.25) is 0 Å². The van der Waals surface area contributed by atoms with E-state index in [0.29, 0.717) is 19.0 Å². The highest BCUT2D eigenvalue weighted by Gasteiger charge is 2.29. The first-order valence-corrected chi connectivity index (χ1v) is 8.70. The first kappa shape index (κ1) is 16.2. The van der Waals surface area contributed by atoms with Gasteiger partial charge in [-0.1, -0.05) is 19.1 Å². The molecule has 0 aliphatic carbocycles. The Hall–Kier alpha value is -1.18. The highest BCUT2D eigenvalue weighted by molar-refractivity contribution is 7.90. The molecule has 1 aromatic rings. The van der Waals surface area contributed by atoms with E-state index in [4.69, 9.17) is 0 Å². The van der Waals surface area contributed by atoms with Crippen molar-refractivity contribution in [1.82, 2.24) is 9.62 Å². The van der Waals surface area contributed by atoms with Gasteiger partial charge in [0.15, 0.2) is 0 Å². The molecule has 1 aliphatic heterocycles. The summed E-state index contributed by atoms with van der Waals surface area (Å²) in [6.45, 7) is 4.65. The van der Waals surface area contributed by atoms with Crippen LogP contribution < -0.4 is 10.0 Å². The Bertz CT molecular complexity index is 565. The van der Waals surface area contributed by atoms with Gasteiger partial charge in [0.2, 0.25) is 0 Å². The number of benzene rings is 1. The first-order valence-electron chi connectivity index (χ1n) is 7.26. The van der Waals surface area contributed by atoms with E-state index < -0.39 is 16.0 Å². The molecule has 0 amide bonds. The maximum absolute atomic E-state index is 13.6. The van der Waals surface area contributed by atoms with Crippen LogP contribution in [0.1, 0.15) is 19.8 Å². The zero-order chi connectivity index (χ0) is 15.3. The minimum absolute atomic E-state index is 0.00805. The van der Waals surface area contributed by atoms with E-state index >= 15 is 0 Å². The number of nitrogens with zero attached hydrogens (tertiary/aromatic N) is 1. The smallest absolute Gasteiger partial charge is 0.301 e. The molecule has 5 nitrogen and oxygen atoms in total. The molecule has 0 saturated carbocycles. The molecule has 2 N–H and O–H groups in total. The second-order valence-corrected chi connectivity index (χ2v) is 6.93. The van der Waals surface area contributed by atoms with Crippen molar-refractivity contribution in [1.29, 1.82) is 0 Å². The summed E-state index contributed by atoms with van der Waals surface area (Å²) in [6, 6.07) is 5.79. The third-order valence-electron chi connectivity index (χ3n) is 3.62. The molecule has 2 rings (SSSR count). The van der Waals surface area contributed by atoms with Gasteiger partial charge in [-0.15, -0.1) is 0 Å². The van der Waals surface area contributed by atoms with E-state index in [2.05, 4.69) is 10.0 Å². The summed E-state index contributed by atoms with van der Waals surface area (Å²) < 4.78 is 42.0. The van der Waals surface area contributed by atoms with E-state index in [0.717, 1.165) is 25.9 Å². The minimum atomic E-state index is -3.70. The zero-order valence-electron chi connectivity index (χ0n) is 12.2. The monoisotopic (exact) mass is 315 g/mol. The molecule has 1 aromatic carbocycles. The van der Waals surface area contributed by atoms with Crippen molar-refractivity contribution in [3.8, 4) is 0 Å². The number of hydrogen-bond acceptors (Lipinski definition) is 3. The first-order chi connectivity index (χ1) is 10.0. The van der Waals surface area contributed by atoms with Gasteiger partial charge in [0.05, 0.1) is 5.69 Å². The number of halogens is 1. The van der Waals surface area contributed by atoms with Gasteiger partial charge >= 0.3 is 10.2 Å². The van der Waals surface area contributed by atoms with E-state index in [1.165, 1.54) is 22.5 Å². The molecule has 0 aromatic heterocycles. The molecule has 1 fully saturated rings. The predicted octanol–water partition coefficient (Wildman–Crippen LogP) is 1.80. The average molecular weight is 315 g/mol. The van der Waals surface area contributed by atoms with Gasteiger partial charge in [0.25, 0.3) is 0 Å². The largest absolute Gasteiger partial charge is 0.317 e. The normalized spacial score (nSPS) is 20.4. The molecule has 0 radical (unpaired) electrons. The van der Waals surface area contributed by atoms with Crippen LogP contribution in [0.15, 0.2) is 24.3 Å².